The summed E-state index contributed by atoms with van der Waals surface area (Å²) in [6.07, 6.45) is 7.17. The smallest absolute Gasteiger partial charge is 0.123 e. The molecule has 0 spiro atoms. The summed E-state index contributed by atoms with van der Waals surface area (Å²) >= 11 is 0. The Morgan fingerprint density at radius 3 is 3.00 bits per heavy atom. The maximum atomic E-state index is 5.83. The van der Waals surface area contributed by atoms with Gasteiger partial charge in [0, 0.05) is 11.3 Å². The highest BCUT2D eigenvalue weighted by Crippen LogP contribution is 2.46. The van der Waals surface area contributed by atoms with Crippen molar-refractivity contribution in [3.8, 4) is 11.3 Å². The van der Waals surface area contributed by atoms with Crippen LogP contribution in [0.25, 0.3) is 11.3 Å². The lowest BCUT2D eigenvalue weighted by Gasteiger charge is -2.30. The number of nitrogens with zero attached hydrogens (tertiary/aromatic N) is 3. The molecular weight excluding hydrogens is 284 g/mol. The first-order valence-corrected chi connectivity index (χ1v) is 8.16. The lowest BCUT2D eigenvalue weighted by Crippen LogP contribution is -2.25. The summed E-state index contributed by atoms with van der Waals surface area (Å²) in [6.45, 7) is 0. The topological polar surface area (TPSA) is 56.7 Å². The summed E-state index contributed by atoms with van der Waals surface area (Å²) < 4.78 is 2.35. The highest BCUT2D eigenvalue weighted by molar-refractivity contribution is 5.69. The fourth-order valence-electron chi connectivity index (χ4n) is 4.28. The van der Waals surface area contributed by atoms with Crippen molar-refractivity contribution >= 4 is 5.82 Å². The maximum absolute atomic E-state index is 5.83. The fraction of sp³-hybridized carbons (Fsp3) is 0.263. The molecule has 23 heavy (non-hydrogen) atoms. The van der Waals surface area contributed by atoms with Crippen molar-refractivity contribution < 1.29 is 0 Å². The van der Waals surface area contributed by atoms with E-state index in [0.29, 0.717) is 17.8 Å². The molecule has 0 amide bonds. The second kappa shape index (κ2) is 4.69. The van der Waals surface area contributed by atoms with Crippen molar-refractivity contribution in [2.45, 2.75) is 25.3 Å². The van der Waals surface area contributed by atoms with Crippen molar-refractivity contribution in [1.29, 1.82) is 0 Å². The number of aromatic nitrogens is 3. The molecule has 3 aromatic rings. The van der Waals surface area contributed by atoms with E-state index < -0.39 is 0 Å². The Bertz CT molecular complexity index is 896. The minimum absolute atomic E-state index is 0.384. The van der Waals surface area contributed by atoms with Gasteiger partial charge in [-0.25, -0.2) is 9.97 Å². The van der Waals surface area contributed by atoms with Crippen LogP contribution in [0.2, 0.25) is 0 Å². The van der Waals surface area contributed by atoms with E-state index in [4.69, 9.17) is 5.73 Å². The van der Waals surface area contributed by atoms with E-state index in [1.54, 1.807) is 0 Å². The second-order valence-corrected chi connectivity index (χ2v) is 6.56. The van der Waals surface area contributed by atoms with E-state index in [9.17, 15) is 0 Å². The molecule has 2 aliphatic rings. The highest BCUT2D eigenvalue weighted by atomic mass is 15.1. The second-order valence-electron chi connectivity index (χ2n) is 6.56. The molecule has 4 heteroatoms. The van der Waals surface area contributed by atoms with Gasteiger partial charge in [-0.15, -0.1) is 0 Å². The molecule has 0 saturated heterocycles. The lowest BCUT2D eigenvalue weighted by molar-refractivity contribution is 0.345. The highest BCUT2D eigenvalue weighted by Gasteiger charge is 2.35. The zero-order valence-electron chi connectivity index (χ0n) is 12.8. The van der Waals surface area contributed by atoms with Gasteiger partial charge in [-0.1, -0.05) is 30.3 Å². The van der Waals surface area contributed by atoms with Crippen LogP contribution in [0.5, 0.6) is 0 Å². The van der Waals surface area contributed by atoms with Gasteiger partial charge in [0.25, 0.3) is 0 Å². The molecule has 114 valence electrons. The average molecular weight is 302 g/mol. The van der Waals surface area contributed by atoms with E-state index >= 15 is 0 Å². The standard InChI is InChI=1S/C19H18N4/c20-18-8-6-12-9-13(5-7-16(12)22-18)19-15-4-2-1-3-14(15)17-10-21-11-23(17)19/h1-4,6,8,10-11,13,19H,5,7,9H2,(H2,20,22). The van der Waals surface area contributed by atoms with Gasteiger partial charge < -0.3 is 10.3 Å². The fourth-order valence-corrected chi connectivity index (χ4v) is 4.28. The van der Waals surface area contributed by atoms with Crippen LogP contribution in [0, 0.1) is 5.92 Å². The first kappa shape index (κ1) is 12.9. The van der Waals surface area contributed by atoms with Crippen molar-refractivity contribution in [3.05, 3.63) is 65.7 Å². The number of fused-ring (bicyclic) bond motifs is 4. The third-order valence-corrected chi connectivity index (χ3v) is 5.29. The Balaban J connectivity index is 1.57. The first-order valence-electron chi connectivity index (χ1n) is 8.16. The average Bonchev–Trinajstić information content (AvgIpc) is 3.15. The van der Waals surface area contributed by atoms with Crippen LogP contribution < -0.4 is 5.73 Å². The van der Waals surface area contributed by atoms with E-state index in [1.165, 1.54) is 28.1 Å². The van der Waals surface area contributed by atoms with E-state index in [2.05, 4.69) is 44.9 Å². The SMILES string of the molecule is Nc1ccc2c(n1)CCC(C1c3ccccc3-c3cncn31)C2. The molecule has 1 aliphatic carbocycles. The first-order chi connectivity index (χ1) is 11.3. The van der Waals surface area contributed by atoms with Crippen molar-refractivity contribution in [2.24, 2.45) is 5.92 Å². The summed E-state index contributed by atoms with van der Waals surface area (Å²) in [6, 6.07) is 13.2. The normalized spacial score (nSPS) is 21.6. The Morgan fingerprint density at radius 2 is 2.04 bits per heavy atom. The monoisotopic (exact) mass is 302 g/mol. The van der Waals surface area contributed by atoms with E-state index in [-0.39, 0.29) is 0 Å². The largest absolute Gasteiger partial charge is 0.384 e. The summed E-state index contributed by atoms with van der Waals surface area (Å²) in [7, 11) is 0. The van der Waals surface area contributed by atoms with Crippen molar-refractivity contribution in [2.75, 3.05) is 5.73 Å². The Labute approximate surface area is 135 Å². The molecule has 2 N–H and O–H groups in total. The lowest BCUT2D eigenvalue weighted by atomic mass is 9.79. The molecule has 2 aromatic heterocycles. The van der Waals surface area contributed by atoms with Gasteiger partial charge in [0.2, 0.25) is 0 Å². The molecule has 0 radical (unpaired) electrons. The van der Waals surface area contributed by atoms with Gasteiger partial charge in [0.1, 0.15) is 5.82 Å². The van der Waals surface area contributed by atoms with Gasteiger partial charge in [-0.3, -0.25) is 0 Å². The van der Waals surface area contributed by atoms with Crippen LogP contribution in [-0.4, -0.2) is 14.5 Å². The number of rotatable bonds is 1. The molecule has 1 aromatic carbocycles. The third-order valence-electron chi connectivity index (χ3n) is 5.29. The van der Waals surface area contributed by atoms with Gasteiger partial charge in [-0.2, -0.15) is 0 Å². The number of aryl methyl sites for hydroxylation is 1. The molecular formula is C19H18N4. The minimum atomic E-state index is 0.384. The number of hydrogen-bond donors (Lipinski definition) is 1. The number of nitrogens with two attached hydrogens (primary N) is 1. The Kier molecular flexibility index (Phi) is 2.62. The number of pyridine rings is 1. The number of benzene rings is 1. The number of nitrogen functional groups attached to an aromatic ring is 1. The summed E-state index contributed by atoms with van der Waals surface area (Å²) in [5.74, 6) is 1.20. The van der Waals surface area contributed by atoms with Crippen LogP contribution in [0.4, 0.5) is 5.82 Å². The van der Waals surface area contributed by atoms with Crippen LogP contribution in [0.3, 0.4) is 0 Å². The number of hydrogen-bond acceptors (Lipinski definition) is 3. The van der Waals surface area contributed by atoms with Gasteiger partial charge >= 0.3 is 0 Å². The third kappa shape index (κ3) is 1.84. The summed E-state index contributed by atoms with van der Waals surface area (Å²) in [4.78, 5) is 8.89. The zero-order valence-corrected chi connectivity index (χ0v) is 12.8. The summed E-state index contributed by atoms with van der Waals surface area (Å²) in [5, 5.41) is 0. The maximum Gasteiger partial charge on any atom is 0.123 e. The number of imidazole rings is 1. The molecule has 1 aliphatic heterocycles. The van der Waals surface area contributed by atoms with Crippen molar-refractivity contribution in [3.63, 3.8) is 0 Å². The predicted octanol–water partition coefficient (Wildman–Crippen LogP) is 3.24. The molecule has 4 nitrogen and oxygen atoms in total. The molecule has 0 bridgehead atoms. The molecule has 0 fully saturated rings. The van der Waals surface area contributed by atoms with Crippen LogP contribution in [0.15, 0.2) is 48.9 Å². The molecule has 3 heterocycles. The Morgan fingerprint density at radius 1 is 1.13 bits per heavy atom. The van der Waals surface area contributed by atoms with Crippen LogP contribution in [-0.2, 0) is 12.8 Å². The molecule has 2 atom stereocenters. The van der Waals surface area contributed by atoms with Crippen LogP contribution in [0.1, 0.15) is 29.3 Å². The summed E-state index contributed by atoms with van der Waals surface area (Å²) in [5.41, 5.74) is 12.4. The van der Waals surface area contributed by atoms with E-state index in [0.717, 1.165) is 19.3 Å². The van der Waals surface area contributed by atoms with Gasteiger partial charge in [0.05, 0.1) is 24.3 Å². The minimum Gasteiger partial charge on any atom is -0.384 e. The Hall–Kier alpha value is -2.62. The zero-order chi connectivity index (χ0) is 15.4. The molecule has 5 rings (SSSR count). The van der Waals surface area contributed by atoms with Crippen molar-refractivity contribution in [1.82, 2.24) is 14.5 Å². The van der Waals surface area contributed by atoms with Gasteiger partial charge in [-0.05, 0) is 42.4 Å². The van der Waals surface area contributed by atoms with Gasteiger partial charge in [0.15, 0.2) is 0 Å². The van der Waals surface area contributed by atoms with Crippen LogP contribution >= 0.6 is 0 Å². The molecule has 2 unspecified atom stereocenters. The van der Waals surface area contributed by atoms with E-state index in [1.807, 2.05) is 18.6 Å². The quantitative estimate of drug-likeness (QED) is 0.751. The number of anilines is 1. The molecule has 0 saturated carbocycles. The predicted molar refractivity (Wildman–Crippen MR) is 90.0 cm³/mol.